The van der Waals surface area contributed by atoms with Crippen molar-refractivity contribution in [3.05, 3.63) is 101 Å². The summed E-state index contributed by atoms with van der Waals surface area (Å²) < 4.78 is 5.42. The van der Waals surface area contributed by atoms with Crippen LogP contribution in [-0.4, -0.2) is 23.8 Å². The Morgan fingerprint density at radius 2 is 1.77 bits per heavy atom. The Bertz CT molecular complexity index is 1080. The molecule has 0 bridgehead atoms. The molecule has 1 atom stereocenters. The van der Waals surface area contributed by atoms with Crippen LogP contribution in [0.15, 0.2) is 72.8 Å². The van der Waals surface area contributed by atoms with Crippen LogP contribution in [0.3, 0.4) is 0 Å². The van der Waals surface area contributed by atoms with Gasteiger partial charge in [0.05, 0.1) is 13.2 Å². The van der Waals surface area contributed by atoms with Crippen LogP contribution in [-0.2, 0) is 13.0 Å². The Kier molecular flexibility index (Phi) is 5.53. The number of primary amides is 1. The third kappa shape index (κ3) is 3.79. The molecule has 1 aliphatic rings. The van der Waals surface area contributed by atoms with Crippen molar-refractivity contribution in [2.75, 3.05) is 7.11 Å². The van der Waals surface area contributed by atoms with Gasteiger partial charge in [0, 0.05) is 17.7 Å². The van der Waals surface area contributed by atoms with Crippen molar-refractivity contribution in [2.24, 2.45) is 5.73 Å². The maximum Gasteiger partial charge on any atom is 0.254 e. The molecule has 152 valence electrons. The van der Waals surface area contributed by atoms with Gasteiger partial charge in [-0.2, -0.15) is 0 Å². The SMILES string of the molecule is COc1ccc2c(c1)[C@H](N(Cc1ccccc1C(N)=O)C(=O)c1ccccc1)CC2. The molecule has 0 aromatic heterocycles. The van der Waals surface area contributed by atoms with E-state index in [-0.39, 0.29) is 11.9 Å². The number of amides is 2. The van der Waals surface area contributed by atoms with Gasteiger partial charge in [0.1, 0.15) is 5.75 Å². The van der Waals surface area contributed by atoms with E-state index in [0.717, 1.165) is 29.7 Å². The molecule has 2 amide bonds. The predicted octanol–water partition coefficient (Wildman–Crippen LogP) is 4.12. The molecule has 5 heteroatoms. The monoisotopic (exact) mass is 400 g/mol. The number of carbonyl (C=O) groups is 2. The summed E-state index contributed by atoms with van der Waals surface area (Å²) in [5.41, 5.74) is 9.69. The molecule has 0 heterocycles. The van der Waals surface area contributed by atoms with Gasteiger partial charge < -0.3 is 15.4 Å². The fourth-order valence-electron chi connectivity index (χ4n) is 4.16. The normalized spacial score (nSPS) is 14.8. The van der Waals surface area contributed by atoms with E-state index < -0.39 is 5.91 Å². The third-order valence-corrected chi connectivity index (χ3v) is 5.68. The largest absolute Gasteiger partial charge is 0.497 e. The minimum Gasteiger partial charge on any atom is -0.497 e. The van der Waals surface area contributed by atoms with Crippen LogP contribution in [0.1, 0.15) is 49.9 Å². The fourth-order valence-corrected chi connectivity index (χ4v) is 4.16. The number of carbonyl (C=O) groups excluding carboxylic acids is 2. The maximum absolute atomic E-state index is 13.6. The van der Waals surface area contributed by atoms with Gasteiger partial charge in [-0.05, 0) is 59.9 Å². The molecule has 5 nitrogen and oxygen atoms in total. The van der Waals surface area contributed by atoms with E-state index >= 15 is 0 Å². The van der Waals surface area contributed by atoms with Gasteiger partial charge in [0.15, 0.2) is 0 Å². The topological polar surface area (TPSA) is 72.6 Å². The summed E-state index contributed by atoms with van der Waals surface area (Å²) in [5.74, 6) is 0.201. The van der Waals surface area contributed by atoms with E-state index in [1.807, 2.05) is 59.5 Å². The minimum absolute atomic E-state index is 0.0736. The number of methoxy groups -OCH3 is 1. The van der Waals surface area contributed by atoms with Crippen molar-refractivity contribution in [3.63, 3.8) is 0 Å². The zero-order chi connectivity index (χ0) is 21.1. The number of nitrogens with two attached hydrogens (primary N) is 1. The Morgan fingerprint density at radius 3 is 2.50 bits per heavy atom. The Morgan fingerprint density at radius 1 is 1.03 bits per heavy atom. The van der Waals surface area contributed by atoms with E-state index in [9.17, 15) is 9.59 Å². The molecule has 0 spiro atoms. The van der Waals surface area contributed by atoms with Crippen LogP contribution in [0, 0.1) is 0 Å². The highest BCUT2D eigenvalue weighted by atomic mass is 16.5. The number of rotatable bonds is 6. The highest BCUT2D eigenvalue weighted by molar-refractivity contribution is 5.96. The van der Waals surface area contributed by atoms with Gasteiger partial charge in [-0.1, -0.05) is 42.5 Å². The first-order valence-electron chi connectivity index (χ1n) is 9.99. The summed E-state index contributed by atoms with van der Waals surface area (Å²) in [5, 5.41) is 0. The first kappa shape index (κ1) is 19.7. The summed E-state index contributed by atoms with van der Waals surface area (Å²) in [4.78, 5) is 27.4. The molecule has 1 aliphatic carbocycles. The van der Waals surface area contributed by atoms with Gasteiger partial charge in [-0.15, -0.1) is 0 Å². The molecule has 4 rings (SSSR count). The molecule has 0 aliphatic heterocycles. The number of nitrogens with zero attached hydrogens (tertiary/aromatic N) is 1. The second-order valence-corrected chi connectivity index (χ2v) is 7.44. The first-order chi connectivity index (χ1) is 14.6. The lowest BCUT2D eigenvalue weighted by atomic mass is 10.0. The number of hydrogen-bond acceptors (Lipinski definition) is 3. The number of hydrogen-bond donors (Lipinski definition) is 1. The molecule has 30 heavy (non-hydrogen) atoms. The van der Waals surface area contributed by atoms with E-state index in [1.165, 1.54) is 5.56 Å². The first-order valence-corrected chi connectivity index (χ1v) is 9.99. The average molecular weight is 400 g/mol. The zero-order valence-electron chi connectivity index (χ0n) is 16.9. The highest BCUT2D eigenvalue weighted by Crippen LogP contribution is 2.39. The van der Waals surface area contributed by atoms with Crippen molar-refractivity contribution in [1.82, 2.24) is 4.90 Å². The molecule has 3 aromatic carbocycles. The highest BCUT2D eigenvalue weighted by Gasteiger charge is 2.32. The van der Waals surface area contributed by atoms with Gasteiger partial charge in [-0.25, -0.2) is 0 Å². The molecule has 0 saturated heterocycles. The fraction of sp³-hybridized carbons (Fsp3) is 0.200. The van der Waals surface area contributed by atoms with Gasteiger partial charge in [0.2, 0.25) is 5.91 Å². The predicted molar refractivity (Wildman–Crippen MR) is 115 cm³/mol. The number of aryl methyl sites for hydroxylation is 1. The molecular weight excluding hydrogens is 376 g/mol. The van der Waals surface area contributed by atoms with Crippen molar-refractivity contribution in [2.45, 2.75) is 25.4 Å². The van der Waals surface area contributed by atoms with Crippen LogP contribution in [0.4, 0.5) is 0 Å². The lowest BCUT2D eigenvalue weighted by Gasteiger charge is -2.31. The van der Waals surface area contributed by atoms with Crippen molar-refractivity contribution < 1.29 is 14.3 Å². The van der Waals surface area contributed by atoms with Crippen LogP contribution in [0.5, 0.6) is 5.75 Å². The van der Waals surface area contributed by atoms with E-state index in [1.54, 1.807) is 19.2 Å². The van der Waals surface area contributed by atoms with Crippen molar-refractivity contribution >= 4 is 11.8 Å². The van der Waals surface area contributed by atoms with Gasteiger partial charge >= 0.3 is 0 Å². The van der Waals surface area contributed by atoms with Crippen LogP contribution >= 0.6 is 0 Å². The Labute approximate surface area is 176 Å². The summed E-state index contributed by atoms with van der Waals surface area (Å²) in [6.07, 6.45) is 1.71. The summed E-state index contributed by atoms with van der Waals surface area (Å²) >= 11 is 0. The number of ether oxygens (including phenoxy) is 1. The lowest BCUT2D eigenvalue weighted by molar-refractivity contribution is 0.0656. The second-order valence-electron chi connectivity index (χ2n) is 7.44. The standard InChI is InChI=1S/C25H24N2O3/c1-30-20-13-11-17-12-14-23(22(17)15-20)27(25(29)18-7-3-2-4-8-18)16-19-9-5-6-10-21(19)24(26)28/h2-11,13,15,23H,12,14,16H2,1H3,(H2,26,28)/t23-/m1/s1. The third-order valence-electron chi connectivity index (χ3n) is 5.68. The molecule has 0 unspecified atom stereocenters. The molecule has 2 N–H and O–H groups in total. The average Bonchev–Trinajstić information content (AvgIpc) is 3.20. The lowest BCUT2D eigenvalue weighted by Crippen LogP contribution is -2.34. The molecular formula is C25H24N2O3. The van der Waals surface area contributed by atoms with Gasteiger partial charge in [0.25, 0.3) is 5.91 Å². The molecule has 3 aromatic rings. The van der Waals surface area contributed by atoms with E-state index in [4.69, 9.17) is 10.5 Å². The van der Waals surface area contributed by atoms with Gasteiger partial charge in [-0.3, -0.25) is 9.59 Å². The van der Waals surface area contributed by atoms with Crippen molar-refractivity contribution in [1.29, 1.82) is 0 Å². The van der Waals surface area contributed by atoms with Crippen LogP contribution < -0.4 is 10.5 Å². The number of benzene rings is 3. The summed E-state index contributed by atoms with van der Waals surface area (Å²) in [6, 6.07) is 22.4. The minimum atomic E-state index is -0.494. The smallest absolute Gasteiger partial charge is 0.254 e. The van der Waals surface area contributed by atoms with E-state index in [2.05, 4.69) is 6.07 Å². The van der Waals surface area contributed by atoms with Crippen LogP contribution in [0.2, 0.25) is 0 Å². The maximum atomic E-state index is 13.6. The Balaban J connectivity index is 1.77. The van der Waals surface area contributed by atoms with E-state index in [0.29, 0.717) is 17.7 Å². The zero-order valence-corrected chi connectivity index (χ0v) is 16.9. The second kappa shape index (κ2) is 8.41. The molecule has 0 saturated carbocycles. The molecule has 0 radical (unpaired) electrons. The Hall–Kier alpha value is -3.60. The summed E-state index contributed by atoms with van der Waals surface area (Å²) in [6.45, 7) is 0.300. The van der Waals surface area contributed by atoms with Crippen LogP contribution in [0.25, 0.3) is 0 Å². The quantitative estimate of drug-likeness (QED) is 0.676. The molecule has 0 fully saturated rings. The number of fused-ring (bicyclic) bond motifs is 1. The van der Waals surface area contributed by atoms with Crippen molar-refractivity contribution in [3.8, 4) is 5.75 Å². The summed E-state index contributed by atoms with van der Waals surface area (Å²) in [7, 11) is 1.64.